The predicted octanol–water partition coefficient (Wildman–Crippen LogP) is 5.26. The van der Waals surface area contributed by atoms with Crippen LogP contribution in [0.5, 0.6) is 0 Å². The third kappa shape index (κ3) is 3.21. The molecule has 5 rings (SSSR count). The molecule has 0 unspecified atom stereocenters. The summed E-state index contributed by atoms with van der Waals surface area (Å²) in [7, 11) is 1.92. The zero-order chi connectivity index (χ0) is 20.8. The van der Waals surface area contributed by atoms with Gasteiger partial charge in [0.1, 0.15) is 16.4 Å². The normalized spacial score (nSPS) is 12.6. The lowest BCUT2D eigenvalue weighted by Crippen LogP contribution is -2.12. The van der Waals surface area contributed by atoms with Gasteiger partial charge in [-0.15, -0.1) is 32.9 Å². The summed E-state index contributed by atoms with van der Waals surface area (Å²) in [5.74, 6) is 2.17. The minimum absolute atomic E-state index is 0.101. The fraction of sp³-hybridized carbons (Fsp3) is 0.200. The molecule has 0 saturated carbocycles. The molecule has 5 aromatic rings. The van der Waals surface area contributed by atoms with Gasteiger partial charge in [0.2, 0.25) is 0 Å². The van der Waals surface area contributed by atoms with Crippen LogP contribution in [-0.4, -0.2) is 24.7 Å². The van der Waals surface area contributed by atoms with Crippen molar-refractivity contribution in [3.8, 4) is 21.8 Å². The zero-order valence-electron chi connectivity index (χ0n) is 16.4. The largest absolute Gasteiger partial charge is 0.469 e. The first-order valence-electron chi connectivity index (χ1n) is 9.18. The maximum Gasteiger partial charge on any atom is 0.260 e. The number of aromatic amines is 1. The average Bonchev–Trinajstić information content (AvgIpc) is 3.50. The molecule has 0 bridgehead atoms. The Morgan fingerprint density at radius 1 is 1.23 bits per heavy atom. The Morgan fingerprint density at radius 2 is 2.10 bits per heavy atom. The molecule has 0 saturated heterocycles. The van der Waals surface area contributed by atoms with E-state index in [1.807, 2.05) is 54.4 Å². The first-order chi connectivity index (χ1) is 14.5. The molecule has 30 heavy (non-hydrogen) atoms. The van der Waals surface area contributed by atoms with Gasteiger partial charge in [0.15, 0.2) is 11.0 Å². The summed E-state index contributed by atoms with van der Waals surface area (Å²) in [5.41, 5.74) is 1.75. The van der Waals surface area contributed by atoms with Crippen LogP contribution >= 0.6 is 34.4 Å². The monoisotopic (exact) mass is 455 g/mol. The van der Waals surface area contributed by atoms with E-state index in [9.17, 15) is 4.79 Å². The van der Waals surface area contributed by atoms with Crippen molar-refractivity contribution >= 4 is 44.7 Å². The van der Waals surface area contributed by atoms with Crippen LogP contribution in [0.2, 0.25) is 0 Å². The maximum atomic E-state index is 12.9. The first kappa shape index (κ1) is 19.3. The van der Waals surface area contributed by atoms with Crippen LogP contribution in [0.25, 0.3) is 32.0 Å². The van der Waals surface area contributed by atoms with Crippen molar-refractivity contribution < 1.29 is 4.42 Å². The van der Waals surface area contributed by atoms with Crippen LogP contribution < -0.4 is 5.56 Å². The molecule has 5 aromatic heterocycles. The Morgan fingerprint density at radius 3 is 2.83 bits per heavy atom. The Hall–Kier alpha value is -2.69. The van der Waals surface area contributed by atoms with Crippen molar-refractivity contribution in [1.29, 1.82) is 0 Å². The fourth-order valence-electron chi connectivity index (χ4n) is 3.25. The van der Waals surface area contributed by atoms with Crippen molar-refractivity contribution in [1.82, 2.24) is 24.7 Å². The number of aromatic nitrogens is 5. The van der Waals surface area contributed by atoms with E-state index in [-0.39, 0.29) is 10.8 Å². The van der Waals surface area contributed by atoms with Crippen LogP contribution in [0.4, 0.5) is 0 Å². The van der Waals surface area contributed by atoms with Crippen LogP contribution in [-0.2, 0) is 7.05 Å². The van der Waals surface area contributed by atoms with Crippen molar-refractivity contribution in [2.45, 2.75) is 24.3 Å². The number of thiophene rings is 2. The summed E-state index contributed by atoms with van der Waals surface area (Å²) in [6.07, 6.45) is 1.64. The number of hydrogen-bond acceptors (Lipinski definition) is 8. The molecule has 0 aromatic carbocycles. The molecular formula is C20H17N5O2S3. The van der Waals surface area contributed by atoms with Gasteiger partial charge in [-0.25, -0.2) is 4.98 Å². The summed E-state index contributed by atoms with van der Waals surface area (Å²) in [4.78, 5) is 22.4. The molecule has 0 aliphatic carbocycles. The molecule has 0 amide bonds. The highest BCUT2D eigenvalue weighted by Gasteiger charge is 2.20. The summed E-state index contributed by atoms with van der Waals surface area (Å²) in [6, 6.07) is 5.88. The van der Waals surface area contributed by atoms with Crippen molar-refractivity contribution in [2.24, 2.45) is 7.05 Å². The predicted molar refractivity (Wildman–Crippen MR) is 121 cm³/mol. The van der Waals surface area contributed by atoms with E-state index < -0.39 is 0 Å². The first-order valence-corrected chi connectivity index (χ1v) is 11.8. The highest BCUT2D eigenvalue weighted by molar-refractivity contribution is 7.99. The molecule has 152 valence electrons. The standard InChI is InChI=1S/C20H17N5O2S3/c1-10-12(6-7-27-10)17-23-24-20(25(17)3)30-11(2)16-21-18(26)15-13(9-29-19(15)22-16)14-5-4-8-28-14/h4-9,11H,1-3H3,(H,21,22,26)/t11-/m0/s1. The third-order valence-corrected chi connectivity index (χ3v) is 7.77. The average molecular weight is 456 g/mol. The summed E-state index contributed by atoms with van der Waals surface area (Å²) < 4.78 is 7.31. The molecule has 1 atom stereocenters. The lowest BCUT2D eigenvalue weighted by atomic mass is 10.2. The van der Waals surface area contributed by atoms with E-state index in [0.717, 1.165) is 37.6 Å². The van der Waals surface area contributed by atoms with Gasteiger partial charge in [-0.3, -0.25) is 4.79 Å². The van der Waals surface area contributed by atoms with E-state index in [4.69, 9.17) is 9.40 Å². The van der Waals surface area contributed by atoms with Crippen molar-refractivity contribution in [2.75, 3.05) is 0 Å². The van der Waals surface area contributed by atoms with Gasteiger partial charge < -0.3 is 14.0 Å². The van der Waals surface area contributed by atoms with Crippen LogP contribution in [0, 0.1) is 6.92 Å². The summed E-state index contributed by atoms with van der Waals surface area (Å²) in [6.45, 7) is 3.90. The van der Waals surface area contributed by atoms with Gasteiger partial charge >= 0.3 is 0 Å². The van der Waals surface area contributed by atoms with Gasteiger partial charge in [0, 0.05) is 22.9 Å². The second-order valence-corrected chi connectivity index (χ2v) is 9.89. The minimum atomic E-state index is -0.111. The van der Waals surface area contributed by atoms with Gasteiger partial charge in [-0.2, -0.15) is 0 Å². The smallest absolute Gasteiger partial charge is 0.260 e. The van der Waals surface area contributed by atoms with Gasteiger partial charge in [0.25, 0.3) is 5.56 Å². The minimum Gasteiger partial charge on any atom is -0.469 e. The SMILES string of the molecule is Cc1occc1-c1nnc(S[C@@H](C)c2nc3scc(-c4cccs4)c3c(=O)[nH]2)n1C. The molecule has 0 radical (unpaired) electrons. The van der Waals surface area contributed by atoms with Gasteiger partial charge in [0.05, 0.1) is 22.5 Å². The summed E-state index contributed by atoms with van der Waals surface area (Å²) in [5, 5.41) is 13.9. The highest BCUT2D eigenvalue weighted by atomic mass is 32.2. The van der Waals surface area contributed by atoms with Crippen LogP contribution in [0.15, 0.2) is 49.6 Å². The Labute approximate surface area is 183 Å². The topological polar surface area (TPSA) is 89.6 Å². The second kappa shape index (κ2) is 7.53. The second-order valence-electron chi connectivity index (χ2n) is 6.77. The number of rotatable bonds is 5. The molecule has 1 N–H and O–H groups in total. The number of fused-ring (bicyclic) bond motifs is 1. The molecular weight excluding hydrogens is 438 g/mol. The molecule has 0 spiro atoms. The van der Waals surface area contributed by atoms with E-state index in [1.165, 1.54) is 23.1 Å². The van der Waals surface area contributed by atoms with E-state index in [1.54, 1.807) is 17.6 Å². The van der Waals surface area contributed by atoms with Crippen molar-refractivity contribution in [3.05, 3.63) is 57.2 Å². The Balaban J connectivity index is 1.46. The number of furan rings is 1. The highest BCUT2D eigenvalue weighted by Crippen LogP contribution is 2.37. The number of H-pyrrole nitrogens is 1. The zero-order valence-corrected chi connectivity index (χ0v) is 18.8. The molecule has 5 heterocycles. The molecule has 10 heteroatoms. The number of nitrogens with zero attached hydrogens (tertiary/aromatic N) is 4. The number of thioether (sulfide) groups is 1. The lowest BCUT2D eigenvalue weighted by Gasteiger charge is -2.10. The quantitative estimate of drug-likeness (QED) is 0.364. The fourth-order valence-corrected chi connectivity index (χ4v) is 5.90. The Kier molecular flexibility index (Phi) is 4.84. The molecule has 7 nitrogen and oxygen atoms in total. The van der Waals surface area contributed by atoms with Crippen LogP contribution in [0.3, 0.4) is 0 Å². The lowest BCUT2D eigenvalue weighted by molar-refractivity contribution is 0.534. The molecule has 0 fully saturated rings. The molecule has 0 aliphatic rings. The van der Waals surface area contributed by atoms with Gasteiger partial charge in [-0.05, 0) is 31.4 Å². The maximum absolute atomic E-state index is 12.9. The Bertz CT molecular complexity index is 1390. The van der Waals surface area contributed by atoms with E-state index in [0.29, 0.717) is 11.2 Å². The number of aryl methyl sites for hydroxylation is 1. The molecule has 0 aliphatic heterocycles. The van der Waals surface area contributed by atoms with E-state index >= 15 is 0 Å². The van der Waals surface area contributed by atoms with Crippen molar-refractivity contribution in [3.63, 3.8) is 0 Å². The van der Waals surface area contributed by atoms with E-state index in [2.05, 4.69) is 15.2 Å². The number of hydrogen-bond donors (Lipinski definition) is 1. The number of nitrogens with one attached hydrogen (secondary N) is 1. The van der Waals surface area contributed by atoms with Gasteiger partial charge in [-0.1, -0.05) is 17.8 Å². The van der Waals surface area contributed by atoms with Crippen LogP contribution in [0.1, 0.15) is 23.8 Å². The third-order valence-electron chi connectivity index (χ3n) is 4.85. The summed E-state index contributed by atoms with van der Waals surface area (Å²) >= 11 is 4.61.